The lowest BCUT2D eigenvalue weighted by Crippen LogP contribution is -2.20. The van der Waals surface area contributed by atoms with Gasteiger partial charge in [0.15, 0.2) is 0 Å². The van der Waals surface area contributed by atoms with Crippen LogP contribution in [0.5, 0.6) is 0 Å². The number of hydrogen-bond donors (Lipinski definition) is 1. The van der Waals surface area contributed by atoms with Crippen molar-refractivity contribution in [2.24, 2.45) is 0 Å². The van der Waals surface area contributed by atoms with E-state index >= 15 is 0 Å². The van der Waals surface area contributed by atoms with E-state index in [1.54, 1.807) is 24.3 Å². The van der Waals surface area contributed by atoms with Crippen LogP contribution in [0.25, 0.3) is 16.6 Å². The zero-order valence-corrected chi connectivity index (χ0v) is 10.5. The second-order valence-electron chi connectivity index (χ2n) is 4.39. The Morgan fingerprint density at radius 2 is 1.60 bits per heavy atom. The molecule has 0 spiro atoms. The molecule has 0 atom stereocenters. The highest BCUT2D eigenvalue weighted by molar-refractivity contribution is 6.02. The number of rotatable bonds is 2. The summed E-state index contributed by atoms with van der Waals surface area (Å²) in [5, 5.41) is 9.77. The van der Waals surface area contributed by atoms with E-state index in [9.17, 15) is 14.7 Å². The quantitative estimate of drug-likeness (QED) is 0.775. The maximum Gasteiger partial charge on any atom is 0.336 e. The van der Waals surface area contributed by atoms with Crippen molar-refractivity contribution in [2.75, 3.05) is 0 Å². The molecule has 2 aromatic carbocycles. The Kier molecular flexibility index (Phi) is 2.84. The summed E-state index contributed by atoms with van der Waals surface area (Å²) in [6, 6.07) is 17.3. The molecule has 3 rings (SSSR count). The molecule has 0 unspecified atom stereocenters. The van der Waals surface area contributed by atoms with Crippen LogP contribution < -0.4 is 5.56 Å². The Labute approximate surface area is 114 Å². The van der Waals surface area contributed by atoms with Gasteiger partial charge in [-0.15, -0.1) is 0 Å². The number of pyridine rings is 1. The van der Waals surface area contributed by atoms with Crippen molar-refractivity contribution >= 4 is 16.9 Å². The maximum atomic E-state index is 12.3. The van der Waals surface area contributed by atoms with E-state index in [0.717, 1.165) is 6.07 Å². The van der Waals surface area contributed by atoms with Gasteiger partial charge in [-0.1, -0.05) is 36.4 Å². The molecule has 4 nitrogen and oxygen atoms in total. The highest BCUT2D eigenvalue weighted by Crippen LogP contribution is 2.19. The lowest BCUT2D eigenvalue weighted by Gasteiger charge is -2.11. The number of aromatic nitrogens is 1. The minimum Gasteiger partial charge on any atom is -0.478 e. The van der Waals surface area contributed by atoms with Gasteiger partial charge in [-0.2, -0.15) is 0 Å². The van der Waals surface area contributed by atoms with Gasteiger partial charge >= 0.3 is 5.97 Å². The van der Waals surface area contributed by atoms with Crippen LogP contribution in [0.3, 0.4) is 0 Å². The predicted molar refractivity (Wildman–Crippen MR) is 76.5 cm³/mol. The Morgan fingerprint density at radius 1 is 0.950 bits per heavy atom. The average Bonchev–Trinajstić information content (AvgIpc) is 2.47. The first-order valence-electron chi connectivity index (χ1n) is 6.12. The van der Waals surface area contributed by atoms with E-state index in [4.69, 9.17) is 0 Å². The van der Waals surface area contributed by atoms with Crippen LogP contribution in [0.15, 0.2) is 65.5 Å². The topological polar surface area (TPSA) is 59.3 Å². The second kappa shape index (κ2) is 4.66. The van der Waals surface area contributed by atoms with E-state index in [-0.39, 0.29) is 11.1 Å². The first-order valence-corrected chi connectivity index (χ1v) is 6.12. The normalized spacial score (nSPS) is 10.6. The van der Waals surface area contributed by atoms with E-state index in [1.165, 1.54) is 4.57 Å². The number of carboxylic acids is 1. The van der Waals surface area contributed by atoms with Crippen molar-refractivity contribution in [3.63, 3.8) is 0 Å². The minimum absolute atomic E-state index is 0.0257. The molecule has 0 aliphatic carbocycles. The number of benzene rings is 2. The van der Waals surface area contributed by atoms with Crippen LogP contribution in [0.2, 0.25) is 0 Å². The zero-order valence-electron chi connectivity index (χ0n) is 10.5. The molecule has 0 saturated heterocycles. The van der Waals surface area contributed by atoms with Gasteiger partial charge in [-0.05, 0) is 18.2 Å². The van der Waals surface area contributed by atoms with Crippen molar-refractivity contribution in [3.05, 3.63) is 76.6 Å². The third kappa shape index (κ3) is 1.87. The smallest absolute Gasteiger partial charge is 0.336 e. The van der Waals surface area contributed by atoms with Gasteiger partial charge in [0.1, 0.15) is 0 Å². The van der Waals surface area contributed by atoms with Gasteiger partial charge in [0, 0.05) is 17.1 Å². The first kappa shape index (κ1) is 12.2. The monoisotopic (exact) mass is 265 g/mol. The molecule has 0 radical (unpaired) electrons. The molecule has 1 heterocycles. The number of carbonyl (C=O) groups is 1. The molecule has 0 bridgehead atoms. The van der Waals surface area contributed by atoms with Gasteiger partial charge in [0.2, 0.25) is 0 Å². The summed E-state index contributed by atoms with van der Waals surface area (Å²) in [4.78, 5) is 23.5. The van der Waals surface area contributed by atoms with Crippen molar-refractivity contribution in [1.29, 1.82) is 0 Å². The molecule has 3 aromatic rings. The SMILES string of the molecule is O=C(O)c1cc(=O)n(-c2ccccc2)c2ccccc12. The molecule has 20 heavy (non-hydrogen) atoms. The lowest BCUT2D eigenvalue weighted by molar-refractivity contribution is 0.0699. The summed E-state index contributed by atoms with van der Waals surface area (Å²) in [6.07, 6.45) is 0. The standard InChI is InChI=1S/C16H11NO3/c18-15-10-13(16(19)20)12-8-4-5-9-14(12)17(15)11-6-2-1-3-7-11/h1-10H,(H,19,20). The second-order valence-corrected chi connectivity index (χ2v) is 4.39. The maximum absolute atomic E-state index is 12.3. The first-order chi connectivity index (χ1) is 9.68. The average molecular weight is 265 g/mol. The fraction of sp³-hybridized carbons (Fsp3) is 0. The molecule has 98 valence electrons. The lowest BCUT2D eigenvalue weighted by atomic mass is 10.1. The van der Waals surface area contributed by atoms with E-state index in [2.05, 4.69) is 0 Å². The third-order valence-electron chi connectivity index (χ3n) is 3.17. The molecular formula is C16H11NO3. The van der Waals surface area contributed by atoms with E-state index in [0.29, 0.717) is 16.6 Å². The molecule has 4 heteroatoms. The number of fused-ring (bicyclic) bond motifs is 1. The van der Waals surface area contributed by atoms with Gasteiger partial charge in [0.25, 0.3) is 5.56 Å². The van der Waals surface area contributed by atoms with Crippen LogP contribution in [-0.2, 0) is 0 Å². The van der Waals surface area contributed by atoms with Crippen LogP contribution in [0.4, 0.5) is 0 Å². The van der Waals surface area contributed by atoms with Crippen LogP contribution in [-0.4, -0.2) is 15.6 Å². The summed E-state index contributed by atoms with van der Waals surface area (Å²) in [6.45, 7) is 0. The Bertz CT molecular complexity index is 850. The summed E-state index contributed by atoms with van der Waals surface area (Å²) in [5.74, 6) is -1.10. The van der Waals surface area contributed by atoms with Crippen molar-refractivity contribution < 1.29 is 9.90 Å². The Morgan fingerprint density at radius 3 is 2.30 bits per heavy atom. The van der Waals surface area contributed by atoms with Gasteiger partial charge in [-0.25, -0.2) is 4.79 Å². The Balaban J connectivity index is 2.46. The van der Waals surface area contributed by atoms with Gasteiger partial charge in [-0.3, -0.25) is 9.36 Å². The summed E-state index contributed by atoms with van der Waals surface area (Å²) < 4.78 is 1.52. The van der Waals surface area contributed by atoms with Crippen LogP contribution in [0.1, 0.15) is 10.4 Å². The number of para-hydroxylation sites is 2. The van der Waals surface area contributed by atoms with Crippen molar-refractivity contribution in [1.82, 2.24) is 4.57 Å². The summed E-state index contributed by atoms with van der Waals surface area (Å²) >= 11 is 0. The van der Waals surface area contributed by atoms with Crippen LogP contribution >= 0.6 is 0 Å². The molecule has 1 N–H and O–H groups in total. The van der Waals surface area contributed by atoms with E-state index < -0.39 is 5.97 Å². The Hall–Kier alpha value is -2.88. The number of hydrogen-bond acceptors (Lipinski definition) is 2. The zero-order chi connectivity index (χ0) is 14.1. The molecule has 0 amide bonds. The third-order valence-corrected chi connectivity index (χ3v) is 3.17. The van der Waals surface area contributed by atoms with E-state index in [1.807, 2.05) is 30.3 Å². The summed E-state index contributed by atoms with van der Waals surface area (Å²) in [7, 11) is 0. The fourth-order valence-electron chi connectivity index (χ4n) is 2.30. The molecular weight excluding hydrogens is 254 g/mol. The molecule has 0 fully saturated rings. The highest BCUT2D eigenvalue weighted by atomic mass is 16.4. The molecule has 1 aromatic heterocycles. The fourth-order valence-corrected chi connectivity index (χ4v) is 2.30. The van der Waals surface area contributed by atoms with Crippen molar-refractivity contribution in [3.8, 4) is 5.69 Å². The van der Waals surface area contributed by atoms with Gasteiger partial charge < -0.3 is 5.11 Å². The largest absolute Gasteiger partial charge is 0.478 e. The predicted octanol–water partition coefficient (Wildman–Crippen LogP) is 2.69. The molecule has 0 aliphatic rings. The summed E-state index contributed by atoms with van der Waals surface area (Å²) in [5.41, 5.74) is 0.972. The minimum atomic E-state index is -1.10. The number of carboxylic acid groups (broad SMARTS) is 1. The van der Waals surface area contributed by atoms with Crippen LogP contribution in [0, 0.1) is 0 Å². The number of nitrogens with zero attached hydrogens (tertiary/aromatic N) is 1. The molecule has 0 saturated carbocycles. The number of aromatic carboxylic acids is 1. The highest BCUT2D eigenvalue weighted by Gasteiger charge is 2.14. The van der Waals surface area contributed by atoms with Crippen molar-refractivity contribution in [2.45, 2.75) is 0 Å². The molecule has 0 aliphatic heterocycles. The van der Waals surface area contributed by atoms with Gasteiger partial charge in [0.05, 0.1) is 11.1 Å².